The Hall–Kier alpha value is -1.28. The second-order valence-electron chi connectivity index (χ2n) is 4.29. The molecule has 1 aliphatic rings. The average molecular weight is 233 g/mol. The number of halogens is 1. The fourth-order valence-electron chi connectivity index (χ4n) is 2.43. The zero-order chi connectivity index (χ0) is 11.0. The minimum atomic E-state index is 0.524. The van der Waals surface area contributed by atoms with Crippen LogP contribution in [-0.4, -0.2) is 9.55 Å². The number of hydrogen-bond donors (Lipinski definition) is 0. The van der Waals surface area contributed by atoms with Gasteiger partial charge in [0.2, 0.25) is 0 Å². The van der Waals surface area contributed by atoms with Gasteiger partial charge in [0.05, 0.1) is 6.33 Å². The van der Waals surface area contributed by atoms with Gasteiger partial charge in [0.25, 0.3) is 0 Å². The summed E-state index contributed by atoms with van der Waals surface area (Å²) >= 11 is 6.23. The van der Waals surface area contributed by atoms with Crippen LogP contribution in [-0.2, 0) is 13.0 Å². The maximum Gasteiger partial charge on any atom is 0.0948 e. The third-order valence-corrected chi connectivity index (χ3v) is 3.65. The van der Waals surface area contributed by atoms with Gasteiger partial charge in [-0.05, 0) is 24.5 Å². The van der Waals surface area contributed by atoms with Crippen LogP contribution in [0.1, 0.15) is 23.6 Å². The average Bonchev–Trinajstić information content (AvgIpc) is 2.76. The zero-order valence-electron chi connectivity index (χ0n) is 8.94. The lowest BCUT2D eigenvalue weighted by Crippen LogP contribution is -2.17. The molecule has 1 atom stereocenters. The lowest BCUT2D eigenvalue weighted by Gasteiger charge is -2.25. The number of hydrogen-bond acceptors (Lipinski definition) is 1. The number of fused-ring (bicyclic) bond motifs is 1. The number of nitrogens with zero attached hydrogens (tertiary/aromatic N) is 2. The van der Waals surface area contributed by atoms with E-state index >= 15 is 0 Å². The molecule has 0 radical (unpaired) electrons. The highest BCUT2D eigenvalue weighted by Crippen LogP contribution is 2.32. The summed E-state index contributed by atoms with van der Waals surface area (Å²) in [6.45, 7) is 0.999. The quantitative estimate of drug-likeness (QED) is 0.738. The van der Waals surface area contributed by atoms with Crippen LogP contribution in [0.3, 0.4) is 0 Å². The van der Waals surface area contributed by atoms with E-state index in [2.05, 4.69) is 21.7 Å². The minimum Gasteiger partial charge on any atom is -0.334 e. The number of aromatic nitrogens is 2. The van der Waals surface area contributed by atoms with Crippen molar-refractivity contribution in [2.24, 2.45) is 0 Å². The van der Waals surface area contributed by atoms with Crippen molar-refractivity contribution in [2.75, 3.05) is 0 Å². The number of rotatable bonds is 1. The highest BCUT2D eigenvalue weighted by molar-refractivity contribution is 6.31. The van der Waals surface area contributed by atoms with Crippen LogP contribution in [0.5, 0.6) is 0 Å². The largest absolute Gasteiger partial charge is 0.334 e. The molecule has 0 bridgehead atoms. The summed E-state index contributed by atoms with van der Waals surface area (Å²) in [5, 5.41) is 0.885. The summed E-state index contributed by atoms with van der Waals surface area (Å²) in [4.78, 5) is 4.18. The van der Waals surface area contributed by atoms with E-state index in [1.165, 1.54) is 11.3 Å². The lowest BCUT2D eigenvalue weighted by atomic mass is 9.91. The molecule has 0 N–H and O–H groups in total. The normalized spacial score (nSPS) is 19.4. The number of aryl methyl sites for hydroxylation is 1. The van der Waals surface area contributed by atoms with Crippen LogP contribution < -0.4 is 0 Å². The summed E-state index contributed by atoms with van der Waals surface area (Å²) in [6.07, 6.45) is 6.13. The van der Waals surface area contributed by atoms with E-state index in [9.17, 15) is 0 Å². The van der Waals surface area contributed by atoms with E-state index in [-0.39, 0.29) is 0 Å². The van der Waals surface area contributed by atoms with Gasteiger partial charge >= 0.3 is 0 Å². The van der Waals surface area contributed by atoms with Crippen molar-refractivity contribution in [3.8, 4) is 0 Å². The Labute approximate surface area is 99.9 Å². The summed E-state index contributed by atoms with van der Waals surface area (Å²) in [5.41, 5.74) is 2.60. The first kappa shape index (κ1) is 9.91. The Kier molecular flexibility index (Phi) is 2.44. The third-order valence-electron chi connectivity index (χ3n) is 3.31. The first-order valence-corrected chi connectivity index (χ1v) is 5.96. The van der Waals surface area contributed by atoms with E-state index in [0.717, 1.165) is 24.4 Å². The van der Waals surface area contributed by atoms with E-state index in [1.807, 2.05) is 24.7 Å². The molecule has 1 aromatic heterocycles. The van der Waals surface area contributed by atoms with Crippen molar-refractivity contribution < 1.29 is 0 Å². The molecule has 3 heteroatoms. The van der Waals surface area contributed by atoms with Gasteiger partial charge in [-0.2, -0.15) is 0 Å². The molecule has 82 valence electrons. The Bertz CT molecular complexity index is 504. The number of benzene rings is 1. The fourth-order valence-corrected chi connectivity index (χ4v) is 2.72. The molecule has 0 amide bonds. The van der Waals surface area contributed by atoms with Gasteiger partial charge in [0, 0.05) is 29.4 Å². The molecule has 2 heterocycles. The Balaban J connectivity index is 1.92. The molecular weight excluding hydrogens is 220 g/mol. The van der Waals surface area contributed by atoms with Crippen molar-refractivity contribution in [2.45, 2.75) is 25.3 Å². The third kappa shape index (κ3) is 1.63. The number of imidazole rings is 1. The standard InChI is InChI=1S/C13H13ClN2/c14-13-4-2-1-3-12(13)10-5-6-11-7-15-9-16(11)8-10/h1-4,7,9-10H,5-6,8H2. The monoisotopic (exact) mass is 232 g/mol. The summed E-state index contributed by atoms with van der Waals surface area (Å²) in [7, 11) is 0. The van der Waals surface area contributed by atoms with Crippen molar-refractivity contribution >= 4 is 11.6 Å². The van der Waals surface area contributed by atoms with E-state index < -0.39 is 0 Å². The van der Waals surface area contributed by atoms with Gasteiger partial charge in [-0.1, -0.05) is 29.8 Å². The minimum absolute atomic E-state index is 0.524. The molecule has 16 heavy (non-hydrogen) atoms. The van der Waals surface area contributed by atoms with Crippen LogP contribution in [0, 0.1) is 0 Å². The van der Waals surface area contributed by atoms with Crippen molar-refractivity contribution in [1.82, 2.24) is 9.55 Å². The Morgan fingerprint density at radius 1 is 1.31 bits per heavy atom. The molecule has 1 aromatic carbocycles. The zero-order valence-corrected chi connectivity index (χ0v) is 9.69. The molecule has 0 aliphatic carbocycles. The first-order chi connectivity index (χ1) is 7.84. The highest BCUT2D eigenvalue weighted by Gasteiger charge is 2.21. The molecule has 0 fully saturated rings. The van der Waals surface area contributed by atoms with Gasteiger partial charge in [-0.3, -0.25) is 0 Å². The van der Waals surface area contributed by atoms with Gasteiger partial charge in [0.1, 0.15) is 0 Å². The van der Waals surface area contributed by atoms with Gasteiger partial charge in [-0.15, -0.1) is 0 Å². The molecule has 0 saturated heterocycles. The molecule has 2 aromatic rings. The van der Waals surface area contributed by atoms with E-state index in [1.54, 1.807) is 0 Å². The van der Waals surface area contributed by atoms with E-state index in [4.69, 9.17) is 11.6 Å². The second kappa shape index (κ2) is 3.95. The smallest absolute Gasteiger partial charge is 0.0948 e. The fraction of sp³-hybridized carbons (Fsp3) is 0.308. The van der Waals surface area contributed by atoms with Gasteiger partial charge in [0.15, 0.2) is 0 Å². The highest BCUT2D eigenvalue weighted by atomic mass is 35.5. The molecular formula is C13H13ClN2. The van der Waals surface area contributed by atoms with Gasteiger partial charge in [-0.25, -0.2) is 4.98 Å². The van der Waals surface area contributed by atoms with Crippen molar-refractivity contribution in [1.29, 1.82) is 0 Å². The summed E-state index contributed by atoms with van der Waals surface area (Å²) in [5.74, 6) is 0.524. The lowest BCUT2D eigenvalue weighted by molar-refractivity contribution is 0.463. The predicted molar refractivity (Wildman–Crippen MR) is 64.7 cm³/mol. The topological polar surface area (TPSA) is 17.8 Å². The summed E-state index contributed by atoms with van der Waals surface area (Å²) in [6, 6.07) is 8.15. The van der Waals surface area contributed by atoms with Crippen LogP contribution in [0.15, 0.2) is 36.8 Å². The van der Waals surface area contributed by atoms with Crippen LogP contribution in [0.25, 0.3) is 0 Å². The Morgan fingerprint density at radius 2 is 2.19 bits per heavy atom. The predicted octanol–water partition coefficient (Wildman–Crippen LogP) is 3.27. The molecule has 0 spiro atoms. The molecule has 0 saturated carbocycles. The maximum atomic E-state index is 6.23. The van der Waals surface area contributed by atoms with Crippen molar-refractivity contribution in [3.05, 3.63) is 53.1 Å². The van der Waals surface area contributed by atoms with Gasteiger partial charge < -0.3 is 4.57 Å². The molecule has 2 nitrogen and oxygen atoms in total. The van der Waals surface area contributed by atoms with Crippen LogP contribution >= 0.6 is 11.6 Å². The molecule has 3 rings (SSSR count). The first-order valence-electron chi connectivity index (χ1n) is 5.58. The molecule has 1 unspecified atom stereocenters. The summed E-state index contributed by atoms with van der Waals surface area (Å²) < 4.78 is 2.23. The van der Waals surface area contributed by atoms with Crippen LogP contribution in [0.4, 0.5) is 0 Å². The maximum absolute atomic E-state index is 6.23. The Morgan fingerprint density at radius 3 is 3.06 bits per heavy atom. The SMILES string of the molecule is Clc1ccccc1C1CCc2cncn2C1. The molecule has 1 aliphatic heterocycles. The van der Waals surface area contributed by atoms with Crippen LogP contribution in [0.2, 0.25) is 5.02 Å². The van der Waals surface area contributed by atoms with Crippen molar-refractivity contribution in [3.63, 3.8) is 0 Å². The second-order valence-corrected chi connectivity index (χ2v) is 4.70. The van der Waals surface area contributed by atoms with E-state index in [0.29, 0.717) is 5.92 Å².